The molecular weight excluding hydrogens is 228 g/mol. The van der Waals surface area contributed by atoms with E-state index < -0.39 is 0 Å². The molecule has 1 aliphatic heterocycles. The van der Waals surface area contributed by atoms with Crippen LogP contribution in [0.2, 0.25) is 5.02 Å². The Morgan fingerprint density at radius 1 is 1.53 bits per heavy atom. The zero-order valence-electron chi connectivity index (χ0n) is 9.00. The van der Waals surface area contributed by atoms with Crippen molar-refractivity contribution in [3.8, 4) is 0 Å². The first-order valence-corrected chi connectivity index (χ1v) is 6.66. The maximum absolute atomic E-state index is 5.91. The summed E-state index contributed by atoms with van der Waals surface area (Å²) in [7, 11) is 2.05. The minimum atomic E-state index is 0.716. The maximum atomic E-state index is 5.91. The molecule has 0 aliphatic carbocycles. The predicted octanol–water partition coefficient (Wildman–Crippen LogP) is 2.59. The average molecular weight is 245 g/mol. The number of piperidine rings is 1. The van der Waals surface area contributed by atoms with Gasteiger partial charge in [-0.15, -0.1) is 11.3 Å². The lowest BCUT2D eigenvalue weighted by atomic mass is 10.1. The number of rotatable bonds is 3. The number of hydrogen-bond acceptors (Lipinski definition) is 3. The highest BCUT2D eigenvalue weighted by atomic mass is 35.5. The molecule has 0 radical (unpaired) electrons. The normalized spacial score (nSPS) is 19.6. The van der Waals surface area contributed by atoms with Gasteiger partial charge in [0.15, 0.2) is 0 Å². The van der Waals surface area contributed by atoms with E-state index >= 15 is 0 Å². The zero-order chi connectivity index (χ0) is 10.7. The standard InChI is InChI=1S/C11H17ClN2S/c1-13-10-2-4-14(5-3-10)7-11-6-9(12)8-15-11/h6,8,10,13H,2-5,7H2,1H3. The molecule has 2 nitrogen and oxygen atoms in total. The van der Waals surface area contributed by atoms with Crippen molar-refractivity contribution >= 4 is 22.9 Å². The van der Waals surface area contributed by atoms with Gasteiger partial charge < -0.3 is 5.32 Å². The zero-order valence-corrected chi connectivity index (χ0v) is 10.6. The molecule has 0 spiro atoms. The van der Waals surface area contributed by atoms with E-state index in [4.69, 9.17) is 11.6 Å². The topological polar surface area (TPSA) is 15.3 Å². The van der Waals surface area contributed by atoms with E-state index in [9.17, 15) is 0 Å². The average Bonchev–Trinajstić information content (AvgIpc) is 2.65. The van der Waals surface area contributed by atoms with Crippen LogP contribution < -0.4 is 5.32 Å². The first kappa shape index (κ1) is 11.4. The number of likely N-dealkylation sites (tertiary alicyclic amines) is 1. The third kappa shape index (κ3) is 3.18. The second kappa shape index (κ2) is 5.30. The van der Waals surface area contributed by atoms with Gasteiger partial charge >= 0.3 is 0 Å². The van der Waals surface area contributed by atoms with E-state index in [0.29, 0.717) is 6.04 Å². The van der Waals surface area contributed by atoms with Crippen molar-refractivity contribution in [1.82, 2.24) is 10.2 Å². The third-order valence-electron chi connectivity index (χ3n) is 3.00. The van der Waals surface area contributed by atoms with Crippen molar-refractivity contribution in [3.63, 3.8) is 0 Å². The molecule has 0 saturated carbocycles. The molecular formula is C11H17ClN2S. The van der Waals surface area contributed by atoms with Crippen LogP contribution in [0, 0.1) is 0 Å². The van der Waals surface area contributed by atoms with E-state index in [1.54, 1.807) is 11.3 Å². The number of thiophene rings is 1. The predicted molar refractivity (Wildman–Crippen MR) is 66.7 cm³/mol. The van der Waals surface area contributed by atoms with Gasteiger partial charge in [0.1, 0.15) is 0 Å². The third-order valence-corrected chi connectivity index (χ3v) is 4.27. The summed E-state index contributed by atoms with van der Waals surface area (Å²) in [5.74, 6) is 0. The van der Waals surface area contributed by atoms with Gasteiger partial charge in [-0.05, 0) is 39.0 Å². The molecule has 15 heavy (non-hydrogen) atoms. The highest BCUT2D eigenvalue weighted by Gasteiger charge is 2.17. The van der Waals surface area contributed by atoms with Crippen LogP contribution in [0.25, 0.3) is 0 Å². The van der Waals surface area contributed by atoms with E-state index in [-0.39, 0.29) is 0 Å². The Hall–Kier alpha value is -0.0900. The summed E-state index contributed by atoms with van der Waals surface area (Å²) in [6.45, 7) is 3.45. The van der Waals surface area contributed by atoms with Crippen LogP contribution in [0.5, 0.6) is 0 Å². The molecule has 1 aromatic heterocycles. The van der Waals surface area contributed by atoms with Crippen LogP contribution >= 0.6 is 22.9 Å². The summed E-state index contributed by atoms with van der Waals surface area (Å²) in [4.78, 5) is 3.89. The molecule has 1 saturated heterocycles. The first-order chi connectivity index (χ1) is 7.28. The molecule has 0 atom stereocenters. The molecule has 4 heteroatoms. The summed E-state index contributed by atoms with van der Waals surface area (Å²) < 4.78 is 0. The Morgan fingerprint density at radius 3 is 2.80 bits per heavy atom. The van der Waals surface area contributed by atoms with Crippen molar-refractivity contribution in [3.05, 3.63) is 21.3 Å². The largest absolute Gasteiger partial charge is 0.317 e. The van der Waals surface area contributed by atoms with Crippen LogP contribution in [0.15, 0.2) is 11.4 Å². The van der Waals surface area contributed by atoms with Crippen molar-refractivity contribution in [2.24, 2.45) is 0 Å². The lowest BCUT2D eigenvalue weighted by Gasteiger charge is -2.31. The van der Waals surface area contributed by atoms with Crippen molar-refractivity contribution in [2.75, 3.05) is 20.1 Å². The molecule has 0 unspecified atom stereocenters. The van der Waals surface area contributed by atoms with E-state index in [2.05, 4.69) is 23.3 Å². The Labute approximate surface area is 100 Å². The molecule has 2 rings (SSSR count). The maximum Gasteiger partial charge on any atom is 0.0516 e. The fourth-order valence-corrected chi connectivity index (χ4v) is 3.15. The minimum absolute atomic E-state index is 0.716. The molecule has 0 bridgehead atoms. The molecule has 1 N–H and O–H groups in total. The lowest BCUT2D eigenvalue weighted by Crippen LogP contribution is -2.40. The molecule has 1 aliphatic rings. The number of hydrogen-bond donors (Lipinski definition) is 1. The first-order valence-electron chi connectivity index (χ1n) is 5.40. The summed E-state index contributed by atoms with van der Waals surface area (Å²) in [5.41, 5.74) is 0. The van der Waals surface area contributed by atoms with E-state index in [0.717, 1.165) is 11.6 Å². The molecule has 0 aromatic carbocycles. The monoisotopic (exact) mass is 244 g/mol. The SMILES string of the molecule is CNC1CCN(Cc2cc(Cl)cs2)CC1. The van der Waals surface area contributed by atoms with E-state index in [1.165, 1.54) is 30.8 Å². The number of nitrogens with zero attached hydrogens (tertiary/aromatic N) is 1. The molecule has 2 heterocycles. The fraction of sp³-hybridized carbons (Fsp3) is 0.636. The smallest absolute Gasteiger partial charge is 0.0516 e. The number of nitrogens with one attached hydrogen (secondary N) is 1. The molecule has 1 aromatic rings. The lowest BCUT2D eigenvalue weighted by molar-refractivity contribution is 0.196. The Balaban J connectivity index is 1.82. The van der Waals surface area contributed by atoms with Crippen LogP contribution in [0.1, 0.15) is 17.7 Å². The summed E-state index contributed by atoms with van der Waals surface area (Å²) >= 11 is 7.67. The number of halogens is 1. The molecule has 84 valence electrons. The summed E-state index contributed by atoms with van der Waals surface area (Å²) in [5, 5.41) is 6.23. The highest BCUT2D eigenvalue weighted by molar-refractivity contribution is 7.10. The Morgan fingerprint density at radius 2 is 2.27 bits per heavy atom. The second-order valence-corrected chi connectivity index (χ2v) is 5.50. The van der Waals surface area contributed by atoms with Crippen LogP contribution in [-0.4, -0.2) is 31.1 Å². The fourth-order valence-electron chi connectivity index (χ4n) is 2.04. The van der Waals surface area contributed by atoms with Crippen LogP contribution in [0.4, 0.5) is 0 Å². The van der Waals surface area contributed by atoms with Crippen LogP contribution in [-0.2, 0) is 6.54 Å². The van der Waals surface area contributed by atoms with Crippen molar-refractivity contribution < 1.29 is 0 Å². The Bertz CT molecular complexity index is 305. The molecule has 0 amide bonds. The van der Waals surface area contributed by atoms with Gasteiger partial charge in [-0.25, -0.2) is 0 Å². The van der Waals surface area contributed by atoms with E-state index in [1.807, 2.05) is 5.38 Å². The quantitative estimate of drug-likeness (QED) is 0.879. The van der Waals surface area contributed by atoms with Gasteiger partial charge in [0.2, 0.25) is 0 Å². The minimum Gasteiger partial charge on any atom is -0.317 e. The van der Waals surface area contributed by atoms with Crippen molar-refractivity contribution in [1.29, 1.82) is 0 Å². The molecule has 1 fully saturated rings. The van der Waals surface area contributed by atoms with Crippen molar-refractivity contribution in [2.45, 2.75) is 25.4 Å². The van der Waals surface area contributed by atoms with Gasteiger partial charge in [0, 0.05) is 22.8 Å². The second-order valence-electron chi connectivity index (χ2n) is 4.07. The summed E-state index contributed by atoms with van der Waals surface area (Å²) in [6.07, 6.45) is 2.52. The van der Waals surface area contributed by atoms with Gasteiger partial charge in [0.25, 0.3) is 0 Å². The Kier molecular flexibility index (Phi) is 4.03. The highest BCUT2D eigenvalue weighted by Crippen LogP contribution is 2.22. The summed E-state index contributed by atoms with van der Waals surface area (Å²) in [6, 6.07) is 2.80. The van der Waals surface area contributed by atoms with Gasteiger partial charge in [-0.3, -0.25) is 4.90 Å². The van der Waals surface area contributed by atoms with Gasteiger partial charge in [-0.2, -0.15) is 0 Å². The van der Waals surface area contributed by atoms with Crippen LogP contribution in [0.3, 0.4) is 0 Å². The van der Waals surface area contributed by atoms with Gasteiger partial charge in [0.05, 0.1) is 5.02 Å². The van der Waals surface area contributed by atoms with Gasteiger partial charge in [-0.1, -0.05) is 11.6 Å².